The number of nitrogens with two attached hydrogens (primary N) is 1. The van der Waals surface area contributed by atoms with E-state index >= 15 is 0 Å². The first-order valence-corrected chi connectivity index (χ1v) is 11.3. The molecule has 2 aromatic carbocycles. The van der Waals surface area contributed by atoms with Crippen LogP contribution in [0.5, 0.6) is 0 Å². The molecule has 0 unspecified atom stereocenters. The van der Waals surface area contributed by atoms with E-state index in [1.165, 1.54) is 18.7 Å². The number of hydrogen-bond donors (Lipinski definition) is 2. The molecule has 1 heterocycles. The van der Waals surface area contributed by atoms with Gasteiger partial charge in [0.05, 0.1) is 23.0 Å². The number of nitrogens with one attached hydrogen (secondary N) is 1. The van der Waals surface area contributed by atoms with Gasteiger partial charge in [0.25, 0.3) is 0 Å². The number of amides is 1. The molecule has 1 fully saturated rings. The minimum atomic E-state index is -3.99. The third-order valence-corrected chi connectivity index (χ3v) is 6.60. The molecule has 1 aliphatic carbocycles. The Kier molecular flexibility index (Phi) is 5.33. The van der Waals surface area contributed by atoms with E-state index in [1.807, 2.05) is 0 Å². The van der Waals surface area contributed by atoms with Crippen LogP contribution < -0.4 is 10.5 Å². The highest BCUT2D eigenvalue weighted by Gasteiger charge is 2.22. The van der Waals surface area contributed by atoms with E-state index in [2.05, 4.69) is 10.4 Å². The number of sulfonamides is 1. The lowest BCUT2D eigenvalue weighted by Gasteiger charge is -2.25. The molecule has 7 nitrogen and oxygen atoms in total. The predicted octanol–water partition coefficient (Wildman–Crippen LogP) is 3.32. The van der Waals surface area contributed by atoms with Gasteiger partial charge in [-0.3, -0.25) is 9.48 Å². The fraction of sp³-hybridized carbons (Fsp3) is 0.300. The summed E-state index contributed by atoms with van der Waals surface area (Å²) in [5.41, 5.74) is 1.68. The summed E-state index contributed by atoms with van der Waals surface area (Å²) in [5.74, 6) is 0.234. The highest BCUT2D eigenvalue weighted by atomic mass is 35.5. The van der Waals surface area contributed by atoms with Gasteiger partial charge in [0, 0.05) is 22.6 Å². The van der Waals surface area contributed by atoms with E-state index in [9.17, 15) is 13.2 Å². The molecule has 0 spiro atoms. The Hall–Kier alpha value is -2.42. The summed E-state index contributed by atoms with van der Waals surface area (Å²) in [6.45, 7) is 0.713. The summed E-state index contributed by atoms with van der Waals surface area (Å²) in [7, 11) is -3.99. The molecule has 4 rings (SSSR count). The zero-order valence-corrected chi connectivity index (χ0v) is 17.2. The van der Waals surface area contributed by atoms with Crippen molar-refractivity contribution >= 4 is 44.1 Å². The van der Waals surface area contributed by atoms with Gasteiger partial charge in [-0.05, 0) is 42.5 Å². The summed E-state index contributed by atoms with van der Waals surface area (Å²) in [6.07, 6.45) is 5.07. The number of fused-ring (bicyclic) bond motifs is 1. The third-order valence-electron chi connectivity index (χ3n) is 5.28. The highest BCUT2D eigenvalue weighted by molar-refractivity contribution is 7.89. The average Bonchev–Trinajstić information content (AvgIpc) is 3.01. The van der Waals surface area contributed by atoms with Crippen LogP contribution in [0.25, 0.3) is 10.9 Å². The van der Waals surface area contributed by atoms with Gasteiger partial charge in [-0.25, -0.2) is 13.6 Å². The van der Waals surface area contributed by atoms with Crippen LogP contribution in [0.1, 0.15) is 24.8 Å². The molecule has 29 heavy (non-hydrogen) atoms. The molecular weight excluding hydrogens is 412 g/mol. The predicted molar refractivity (Wildman–Crippen MR) is 112 cm³/mol. The molecule has 1 aliphatic rings. The fourth-order valence-corrected chi connectivity index (χ4v) is 4.50. The summed E-state index contributed by atoms with van der Waals surface area (Å²) in [5, 5.41) is 13.5. The van der Waals surface area contributed by atoms with Crippen molar-refractivity contribution in [1.82, 2.24) is 9.78 Å². The zero-order chi connectivity index (χ0) is 20.6. The first-order chi connectivity index (χ1) is 13.8. The fourth-order valence-electron chi connectivity index (χ4n) is 3.54. The maximum Gasteiger partial charge on any atom is 0.238 e. The van der Waals surface area contributed by atoms with E-state index in [4.69, 9.17) is 16.7 Å². The number of aromatic nitrogens is 2. The smallest absolute Gasteiger partial charge is 0.238 e. The Bertz CT molecular complexity index is 1190. The second kappa shape index (κ2) is 7.78. The third kappa shape index (κ3) is 4.29. The van der Waals surface area contributed by atoms with Gasteiger partial charge in [-0.15, -0.1) is 0 Å². The van der Waals surface area contributed by atoms with Crippen LogP contribution in [-0.4, -0.2) is 24.1 Å². The maximum atomic E-state index is 12.5. The van der Waals surface area contributed by atoms with Crippen LogP contribution in [0.2, 0.25) is 5.02 Å². The molecule has 0 saturated heterocycles. The number of carbonyl (C=O) groups excluding carboxylic acids is 1. The van der Waals surface area contributed by atoms with E-state index < -0.39 is 10.0 Å². The summed E-state index contributed by atoms with van der Waals surface area (Å²) >= 11 is 6.12. The Balaban J connectivity index is 1.67. The van der Waals surface area contributed by atoms with E-state index in [0.29, 0.717) is 39.6 Å². The number of nitrogens with zero attached hydrogens (tertiary/aromatic N) is 2. The van der Waals surface area contributed by atoms with E-state index in [1.54, 1.807) is 35.0 Å². The lowest BCUT2D eigenvalue weighted by atomic mass is 9.85. The van der Waals surface area contributed by atoms with Crippen LogP contribution >= 0.6 is 11.6 Å². The van der Waals surface area contributed by atoms with Crippen molar-refractivity contribution in [2.75, 3.05) is 5.32 Å². The first kappa shape index (κ1) is 19.9. The Morgan fingerprint density at radius 3 is 2.69 bits per heavy atom. The van der Waals surface area contributed by atoms with Gasteiger partial charge in [0.15, 0.2) is 0 Å². The van der Waals surface area contributed by atoms with Crippen LogP contribution in [-0.2, 0) is 27.8 Å². The lowest BCUT2D eigenvalue weighted by molar-refractivity contribution is -0.115. The van der Waals surface area contributed by atoms with Crippen molar-refractivity contribution in [2.45, 2.75) is 37.1 Å². The molecule has 3 aromatic rings. The molecule has 152 valence electrons. The molecule has 3 N–H and O–H groups in total. The largest absolute Gasteiger partial charge is 0.326 e. The van der Waals surface area contributed by atoms with Crippen molar-refractivity contribution in [1.29, 1.82) is 0 Å². The molecule has 9 heteroatoms. The number of halogens is 1. The first-order valence-electron chi connectivity index (χ1n) is 9.37. The summed E-state index contributed by atoms with van der Waals surface area (Å²) < 4.78 is 26.0. The van der Waals surface area contributed by atoms with Crippen molar-refractivity contribution in [3.05, 3.63) is 53.2 Å². The number of rotatable bonds is 6. The minimum absolute atomic E-state index is 0.0529. The van der Waals surface area contributed by atoms with Crippen LogP contribution in [0.3, 0.4) is 0 Å². The summed E-state index contributed by atoms with van der Waals surface area (Å²) in [6, 6.07) is 10.2. The normalized spacial score (nSPS) is 14.7. The number of primary sulfonamides is 1. The monoisotopic (exact) mass is 432 g/mol. The molecule has 1 aromatic heterocycles. The molecule has 0 aliphatic heterocycles. The van der Waals surface area contributed by atoms with Gasteiger partial charge in [0.1, 0.15) is 0 Å². The van der Waals surface area contributed by atoms with E-state index in [-0.39, 0.29) is 17.2 Å². The second-order valence-corrected chi connectivity index (χ2v) is 9.33. The van der Waals surface area contributed by atoms with Gasteiger partial charge in [-0.2, -0.15) is 5.10 Å². The number of anilines is 1. The van der Waals surface area contributed by atoms with Gasteiger partial charge < -0.3 is 5.32 Å². The molecular formula is C20H21ClN4O3S. The van der Waals surface area contributed by atoms with Gasteiger partial charge >= 0.3 is 0 Å². The topological polar surface area (TPSA) is 107 Å². The number of hydrogen-bond acceptors (Lipinski definition) is 4. The number of carbonyl (C=O) groups is 1. The Morgan fingerprint density at radius 1 is 1.28 bits per heavy atom. The standard InChI is InChI=1S/C20H21ClN4O3S/c21-17-7-2-1-6-14(17)8-20(26)24-15-9-18-16(19(10-15)29(22,27)28)11-23-25(18)12-13-4-3-5-13/h1-2,6-7,9-11,13H,3-5,8,12H2,(H,24,26)(H2,22,27,28). The molecule has 0 atom stereocenters. The minimum Gasteiger partial charge on any atom is -0.326 e. The Labute approximate surface area is 173 Å². The summed E-state index contributed by atoms with van der Waals surface area (Å²) in [4.78, 5) is 12.5. The molecule has 0 bridgehead atoms. The van der Waals surface area contributed by atoms with Crippen molar-refractivity contribution < 1.29 is 13.2 Å². The maximum absolute atomic E-state index is 12.5. The SMILES string of the molecule is NS(=O)(=O)c1cc(NC(=O)Cc2ccccc2Cl)cc2c1cnn2CC1CCC1. The van der Waals surface area contributed by atoms with Crippen LogP contribution in [0.4, 0.5) is 5.69 Å². The van der Waals surface area contributed by atoms with Gasteiger partial charge in [0.2, 0.25) is 15.9 Å². The quantitative estimate of drug-likeness (QED) is 0.622. The highest BCUT2D eigenvalue weighted by Crippen LogP contribution is 2.31. The van der Waals surface area contributed by atoms with Crippen LogP contribution in [0.15, 0.2) is 47.5 Å². The van der Waals surface area contributed by atoms with Crippen molar-refractivity contribution in [3.8, 4) is 0 Å². The zero-order valence-electron chi connectivity index (χ0n) is 15.6. The van der Waals surface area contributed by atoms with Crippen molar-refractivity contribution in [3.63, 3.8) is 0 Å². The van der Waals surface area contributed by atoms with Crippen molar-refractivity contribution in [2.24, 2.45) is 11.1 Å². The lowest BCUT2D eigenvalue weighted by Crippen LogP contribution is -2.19. The number of benzene rings is 2. The van der Waals surface area contributed by atoms with E-state index in [0.717, 1.165) is 12.8 Å². The molecule has 1 saturated carbocycles. The van der Waals surface area contributed by atoms with Gasteiger partial charge in [-0.1, -0.05) is 36.2 Å². The average molecular weight is 433 g/mol. The second-order valence-electron chi connectivity index (χ2n) is 7.39. The van der Waals surface area contributed by atoms with Crippen LogP contribution in [0, 0.1) is 5.92 Å². The molecule has 1 amide bonds. The molecule has 0 radical (unpaired) electrons. The Morgan fingerprint density at radius 2 is 2.03 bits per heavy atom.